The third-order valence-corrected chi connectivity index (χ3v) is 5.50. The van der Waals surface area contributed by atoms with E-state index in [1.165, 1.54) is 0 Å². The van der Waals surface area contributed by atoms with Gasteiger partial charge < -0.3 is 10.5 Å². The van der Waals surface area contributed by atoms with Crippen LogP contribution in [0.1, 0.15) is 26.9 Å². The van der Waals surface area contributed by atoms with E-state index in [4.69, 9.17) is 10.5 Å². The summed E-state index contributed by atoms with van der Waals surface area (Å²) >= 11 is 5.15. The molecule has 20 heavy (non-hydrogen) atoms. The quantitative estimate of drug-likeness (QED) is 0.827. The minimum atomic E-state index is -0.225. The number of fused-ring (bicyclic) bond motifs is 1. The minimum Gasteiger partial charge on any atom is -0.422 e. The lowest BCUT2D eigenvalue weighted by molar-refractivity contribution is 0.379. The predicted octanol–water partition coefficient (Wildman–Crippen LogP) is 3.07. The van der Waals surface area contributed by atoms with Crippen LogP contribution in [0.5, 0.6) is 5.88 Å². The number of aryl methyl sites for hydroxylation is 2. The maximum Gasteiger partial charge on any atom is 0.221 e. The highest BCUT2D eigenvalue weighted by Gasteiger charge is 2.35. The molecule has 1 atom stereocenters. The maximum atomic E-state index is 9.42. The summed E-state index contributed by atoms with van der Waals surface area (Å²) in [4.78, 5) is 2.20. The van der Waals surface area contributed by atoms with Gasteiger partial charge in [-0.3, -0.25) is 0 Å². The Balaban J connectivity index is 2.25. The number of hydrogen-bond donors (Lipinski definition) is 2. The van der Waals surface area contributed by atoms with E-state index in [9.17, 15) is 5.26 Å². The van der Waals surface area contributed by atoms with Gasteiger partial charge in [0.25, 0.3) is 0 Å². The standard InChI is InChI=1S/C13H11BrN4OS/c1-5-10-11(9-3-8(14)6(2)20-9)7(4-15)12(16)19-13(10)18-17-5/h3,11H,16H2,1-2H3,(H,17,18). The number of hydrogen-bond acceptors (Lipinski definition) is 5. The molecule has 102 valence electrons. The number of nitriles is 1. The van der Waals surface area contributed by atoms with Gasteiger partial charge >= 0.3 is 0 Å². The summed E-state index contributed by atoms with van der Waals surface area (Å²) in [5.41, 5.74) is 7.98. The molecule has 2 aromatic rings. The second-order valence-corrected chi connectivity index (χ2v) is 6.67. The summed E-state index contributed by atoms with van der Waals surface area (Å²) in [5.74, 6) is 0.430. The van der Waals surface area contributed by atoms with Gasteiger partial charge in [-0.05, 0) is 35.8 Å². The van der Waals surface area contributed by atoms with E-state index in [-0.39, 0.29) is 11.8 Å². The first kappa shape index (κ1) is 13.2. The summed E-state index contributed by atoms with van der Waals surface area (Å²) in [7, 11) is 0. The van der Waals surface area contributed by atoms with Gasteiger partial charge in [-0.1, -0.05) is 0 Å². The van der Waals surface area contributed by atoms with Gasteiger partial charge in [0, 0.05) is 14.2 Å². The fraction of sp³-hybridized carbons (Fsp3) is 0.231. The van der Waals surface area contributed by atoms with Gasteiger partial charge in [0.2, 0.25) is 11.8 Å². The van der Waals surface area contributed by atoms with Crippen molar-refractivity contribution in [3.05, 3.63) is 43.0 Å². The molecule has 0 bridgehead atoms. The van der Waals surface area contributed by atoms with E-state index in [1.54, 1.807) is 11.3 Å². The van der Waals surface area contributed by atoms with Crippen LogP contribution in [-0.2, 0) is 0 Å². The first-order valence-electron chi connectivity index (χ1n) is 5.91. The van der Waals surface area contributed by atoms with Crippen LogP contribution in [0.4, 0.5) is 0 Å². The highest BCUT2D eigenvalue weighted by Crippen LogP contribution is 2.45. The molecule has 0 saturated heterocycles. The topological polar surface area (TPSA) is 87.7 Å². The lowest BCUT2D eigenvalue weighted by atomic mass is 9.89. The third kappa shape index (κ3) is 1.84. The van der Waals surface area contributed by atoms with Crippen molar-refractivity contribution in [3.63, 3.8) is 0 Å². The molecule has 0 radical (unpaired) electrons. The molecule has 3 rings (SSSR count). The van der Waals surface area contributed by atoms with Gasteiger partial charge in [-0.15, -0.1) is 11.3 Å². The Bertz CT molecular complexity index is 748. The molecule has 7 heteroatoms. The van der Waals surface area contributed by atoms with E-state index >= 15 is 0 Å². The van der Waals surface area contributed by atoms with Gasteiger partial charge in [0.15, 0.2) is 0 Å². The molecule has 2 aromatic heterocycles. The van der Waals surface area contributed by atoms with Crippen LogP contribution < -0.4 is 10.5 Å². The lowest BCUT2D eigenvalue weighted by Gasteiger charge is -2.22. The number of aromatic nitrogens is 2. The fourth-order valence-corrected chi connectivity index (χ4v) is 4.00. The number of nitrogens with two attached hydrogens (primary N) is 1. The maximum absolute atomic E-state index is 9.42. The molecule has 0 aromatic carbocycles. The first-order chi connectivity index (χ1) is 9.52. The van der Waals surface area contributed by atoms with E-state index in [0.29, 0.717) is 11.5 Å². The molecule has 0 aliphatic carbocycles. The van der Waals surface area contributed by atoms with Crippen LogP contribution in [0.25, 0.3) is 0 Å². The average molecular weight is 351 g/mol. The Morgan fingerprint density at radius 2 is 2.30 bits per heavy atom. The smallest absolute Gasteiger partial charge is 0.221 e. The number of rotatable bonds is 1. The predicted molar refractivity (Wildman–Crippen MR) is 79.4 cm³/mol. The second kappa shape index (κ2) is 4.65. The summed E-state index contributed by atoms with van der Waals surface area (Å²) in [5, 5.41) is 16.4. The Hall–Kier alpha value is -1.78. The van der Waals surface area contributed by atoms with E-state index in [2.05, 4.69) is 32.2 Å². The molecular formula is C13H11BrN4OS. The Kier molecular flexibility index (Phi) is 3.07. The summed E-state index contributed by atoms with van der Waals surface area (Å²) < 4.78 is 6.48. The molecule has 0 amide bonds. The number of nitrogens with one attached hydrogen (secondary N) is 1. The molecule has 3 N–H and O–H groups in total. The van der Waals surface area contributed by atoms with E-state index in [0.717, 1.165) is 25.5 Å². The summed E-state index contributed by atoms with van der Waals surface area (Å²) in [6.07, 6.45) is 0. The van der Waals surface area contributed by atoms with Crippen molar-refractivity contribution in [2.24, 2.45) is 5.73 Å². The van der Waals surface area contributed by atoms with Gasteiger partial charge in [-0.25, -0.2) is 5.10 Å². The lowest BCUT2D eigenvalue weighted by Crippen LogP contribution is -2.20. The number of nitrogens with zero attached hydrogens (tertiary/aromatic N) is 2. The first-order valence-corrected chi connectivity index (χ1v) is 7.52. The number of allylic oxidation sites excluding steroid dienone is 1. The van der Waals surface area contributed by atoms with Crippen LogP contribution in [-0.4, -0.2) is 10.2 Å². The highest BCUT2D eigenvalue weighted by molar-refractivity contribution is 9.10. The van der Waals surface area contributed by atoms with Gasteiger partial charge in [-0.2, -0.15) is 10.4 Å². The molecular weight excluding hydrogens is 340 g/mol. The van der Waals surface area contributed by atoms with Crippen molar-refractivity contribution in [2.45, 2.75) is 19.8 Å². The van der Waals surface area contributed by atoms with Crippen molar-refractivity contribution in [2.75, 3.05) is 0 Å². The number of halogens is 1. The number of aromatic amines is 1. The van der Waals surface area contributed by atoms with Crippen LogP contribution in [0, 0.1) is 25.2 Å². The molecule has 5 nitrogen and oxygen atoms in total. The van der Waals surface area contributed by atoms with Crippen molar-refractivity contribution in [1.82, 2.24) is 10.2 Å². The zero-order chi connectivity index (χ0) is 14.4. The van der Waals surface area contributed by atoms with Crippen molar-refractivity contribution < 1.29 is 4.74 Å². The van der Waals surface area contributed by atoms with E-state index < -0.39 is 0 Å². The Labute approximate surface area is 128 Å². The van der Waals surface area contributed by atoms with E-state index in [1.807, 2.05) is 19.9 Å². The normalized spacial score (nSPS) is 17.6. The van der Waals surface area contributed by atoms with Crippen LogP contribution in [0.3, 0.4) is 0 Å². The molecule has 0 saturated carbocycles. The zero-order valence-electron chi connectivity index (χ0n) is 10.8. The fourth-order valence-electron chi connectivity index (χ4n) is 2.32. The van der Waals surface area contributed by atoms with Gasteiger partial charge in [0.1, 0.15) is 11.6 Å². The highest BCUT2D eigenvalue weighted by atomic mass is 79.9. The third-order valence-electron chi connectivity index (χ3n) is 3.30. The van der Waals surface area contributed by atoms with Crippen LogP contribution in [0.2, 0.25) is 0 Å². The van der Waals surface area contributed by atoms with Crippen molar-refractivity contribution in [1.29, 1.82) is 5.26 Å². The Morgan fingerprint density at radius 3 is 2.90 bits per heavy atom. The number of ether oxygens (including phenoxy) is 1. The minimum absolute atomic E-state index is 0.135. The monoisotopic (exact) mass is 350 g/mol. The molecule has 1 aliphatic rings. The average Bonchev–Trinajstić information content (AvgIpc) is 2.92. The second-order valence-electron chi connectivity index (χ2n) is 4.53. The Morgan fingerprint density at radius 1 is 1.55 bits per heavy atom. The van der Waals surface area contributed by atoms with Crippen LogP contribution >= 0.6 is 27.3 Å². The zero-order valence-corrected chi connectivity index (χ0v) is 13.2. The van der Waals surface area contributed by atoms with Crippen molar-refractivity contribution in [3.8, 4) is 11.9 Å². The SMILES string of the molecule is Cc1n[nH]c2c1C(c1cc(Br)c(C)s1)C(C#N)=C(N)O2. The number of H-pyrrole nitrogens is 1. The molecule has 1 aliphatic heterocycles. The number of thiophene rings is 1. The molecule has 0 spiro atoms. The molecule has 3 heterocycles. The summed E-state index contributed by atoms with van der Waals surface area (Å²) in [6, 6.07) is 4.19. The van der Waals surface area contributed by atoms with Crippen LogP contribution in [0.15, 0.2) is 22.0 Å². The summed E-state index contributed by atoms with van der Waals surface area (Å²) in [6.45, 7) is 3.91. The van der Waals surface area contributed by atoms with Crippen molar-refractivity contribution >= 4 is 27.3 Å². The van der Waals surface area contributed by atoms with Gasteiger partial charge in [0.05, 0.1) is 17.2 Å². The molecule has 0 fully saturated rings. The molecule has 1 unspecified atom stereocenters. The largest absolute Gasteiger partial charge is 0.422 e.